The van der Waals surface area contributed by atoms with Crippen LogP contribution < -0.4 is 4.74 Å². The Morgan fingerprint density at radius 3 is 2.52 bits per heavy atom. The molecule has 1 saturated carbocycles. The van der Waals surface area contributed by atoms with Crippen LogP contribution in [0, 0.1) is 11.3 Å². The molecule has 0 radical (unpaired) electrons. The molecule has 0 aromatic heterocycles. The Kier molecular flexibility index (Phi) is 3.09. The summed E-state index contributed by atoms with van der Waals surface area (Å²) >= 11 is 0. The van der Waals surface area contributed by atoms with Gasteiger partial charge in [-0.3, -0.25) is 0 Å². The molecule has 4 heteroatoms. The van der Waals surface area contributed by atoms with Gasteiger partial charge < -0.3 is 4.74 Å². The van der Waals surface area contributed by atoms with Crippen molar-refractivity contribution < 1.29 is 17.9 Å². The molecule has 0 unspecified atom stereocenters. The Hall–Kier alpha value is -1.19. The van der Waals surface area contributed by atoms with Crippen LogP contribution in [0.2, 0.25) is 0 Å². The Bertz CT molecular complexity index is 562. The fourth-order valence-corrected chi connectivity index (χ4v) is 4.63. The SMILES string of the molecule is CC1(C)CCC[C@@]2(C)c3cc(OC(F)(F)F)ccc3C[C@@H]12. The Morgan fingerprint density at radius 2 is 1.86 bits per heavy atom. The van der Waals surface area contributed by atoms with Gasteiger partial charge in [0.25, 0.3) is 0 Å². The van der Waals surface area contributed by atoms with Crippen molar-refractivity contribution >= 4 is 0 Å². The van der Waals surface area contributed by atoms with Crippen LogP contribution in [0.5, 0.6) is 5.75 Å². The maximum atomic E-state index is 12.4. The average Bonchev–Trinajstić information content (AvgIpc) is 2.62. The Balaban J connectivity index is 2.00. The monoisotopic (exact) mass is 298 g/mol. The van der Waals surface area contributed by atoms with Gasteiger partial charge in [-0.2, -0.15) is 0 Å². The van der Waals surface area contributed by atoms with Gasteiger partial charge in [0.1, 0.15) is 5.75 Å². The van der Waals surface area contributed by atoms with E-state index in [9.17, 15) is 13.2 Å². The van der Waals surface area contributed by atoms with E-state index in [4.69, 9.17) is 0 Å². The van der Waals surface area contributed by atoms with E-state index in [2.05, 4.69) is 25.5 Å². The molecule has 3 rings (SSSR count). The fraction of sp³-hybridized carbons (Fsp3) is 0.647. The molecule has 2 atom stereocenters. The van der Waals surface area contributed by atoms with E-state index >= 15 is 0 Å². The molecule has 0 amide bonds. The Morgan fingerprint density at radius 1 is 1.14 bits per heavy atom. The van der Waals surface area contributed by atoms with Crippen molar-refractivity contribution in [2.75, 3.05) is 0 Å². The summed E-state index contributed by atoms with van der Waals surface area (Å²) in [4.78, 5) is 0. The Labute approximate surface area is 123 Å². The van der Waals surface area contributed by atoms with Gasteiger partial charge in [0.2, 0.25) is 0 Å². The van der Waals surface area contributed by atoms with Crippen molar-refractivity contribution in [2.24, 2.45) is 11.3 Å². The molecule has 1 fully saturated rings. The molecule has 0 bridgehead atoms. The molecule has 1 aromatic carbocycles. The van der Waals surface area contributed by atoms with Crippen LogP contribution in [0.3, 0.4) is 0 Å². The normalized spacial score (nSPS) is 30.7. The smallest absolute Gasteiger partial charge is 0.406 e. The van der Waals surface area contributed by atoms with E-state index in [0.29, 0.717) is 5.92 Å². The van der Waals surface area contributed by atoms with Gasteiger partial charge in [-0.25, -0.2) is 0 Å². The minimum absolute atomic E-state index is 0.0257. The summed E-state index contributed by atoms with van der Waals surface area (Å²) in [6.45, 7) is 6.78. The predicted molar refractivity (Wildman–Crippen MR) is 75.3 cm³/mol. The molecule has 21 heavy (non-hydrogen) atoms. The van der Waals surface area contributed by atoms with Gasteiger partial charge in [0.15, 0.2) is 0 Å². The third kappa shape index (κ3) is 2.43. The van der Waals surface area contributed by atoms with Crippen molar-refractivity contribution in [3.8, 4) is 5.75 Å². The number of halogens is 3. The second-order valence-corrected chi connectivity index (χ2v) is 7.38. The van der Waals surface area contributed by atoms with Crippen LogP contribution in [-0.4, -0.2) is 6.36 Å². The number of ether oxygens (including phenoxy) is 1. The highest BCUT2D eigenvalue weighted by molar-refractivity contribution is 5.46. The van der Waals surface area contributed by atoms with E-state index in [1.54, 1.807) is 6.07 Å². The first-order chi connectivity index (χ1) is 9.62. The summed E-state index contributed by atoms with van der Waals surface area (Å²) < 4.78 is 41.4. The lowest BCUT2D eigenvalue weighted by Gasteiger charge is -2.47. The molecule has 0 aliphatic heterocycles. The second-order valence-electron chi connectivity index (χ2n) is 7.38. The van der Waals surface area contributed by atoms with Gasteiger partial charge in [0, 0.05) is 0 Å². The van der Waals surface area contributed by atoms with Crippen molar-refractivity contribution in [1.29, 1.82) is 0 Å². The van der Waals surface area contributed by atoms with Gasteiger partial charge in [-0.1, -0.05) is 33.3 Å². The van der Waals surface area contributed by atoms with Gasteiger partial charge in [-0.15, -0.1) is 13.2 Å². The zero-order chi connectivity index (χ0) is 15.5. The molecule has 2 aliphatic carbocycles. The van der Waals surface area contributed by atoms with Crippen molar-refractivity contribution in [3.05, 3.63) is 29.3 Å². The first kappa shape index (κ1) is 14.7. The van der Waals surface area contributed by atoms with Crippen LogP contribution in [0.25, 0.3) is 0 Å². The summed E-state index contributed by atoms with van der Waals surface area (Å²) in [6, 6.07) is 4.88. The third-order valence-corrected chi connectivity index (χ3v) is 5.58. The number of benzene rings is 1. The highest BCUT2D eigenvalue weighted by Crippen LogP contribution is 2.58. The summed E-state index contributed by atoms with van der Waals surface area (Å²) in [5.74, 6) is 0.404. The number of hydrogen-bond donors (Lipinski definition) is 0. The lowest BCUT2D eigenvalue weighted by atomic mass is 9.57. The lowest BCUT2D eigenvalue weighted by Crippen LogP contribution is -2.42. The van der Waals surface area contributed by atoms with Crippen LogP contribution in [-0.2, 0) is 11.8 Å². The number of alkyl halides is 3. The molecule has 2 aliphatic rings. The van der Waals surface area contributed by atoms with Gasteiger partial charge >= 0.3 is 6.36 Å². The summed E-state index contributed by atoms with van der Waals surface area (Å²) in [5, 5.41) is 0. The summed E-state index contributed by atoms with van der Waals surface area (Å²) in [7, 11) is 0. The predicted octanol–water partition coefficient (Wildman–Crippen LogP) is 5.23. The molecule has 0 spiro atoms. The average molecular weight is 298 g/mol. The first-order valence-electron chi connectivity index (χ1n) is 7.51. The molecule has 0 N–H and O–H groups in total. The van der Waals surface area contributed by atoms with E-state index < -0.39 is 6.36 Å². The first-order valence-corrected chi connectivity index (χ1v) is 7.51. The second kappa shape index (κ2) is 4.40. The van der Waals surface area contributed by atoms with E-state index in [1.165, 1.54) is 18.1 Å². The number of fused-ring (bicyclic) bond motifs is 3. The van der Waals surface area contributed by atoms with Crippen LogP contribution >= 0.6 is 0 Å². The lowest BCUT2D eigenvalue weighted by molar-refractivity contribution is -0.274. The molecular formula is C17H21F3O. The van der Waals surface area contributed by atoms with Crippen LogP contribution in [0.1, 0.15) is 51.2 Å². The minimum atomic E-state index is -4.63. The molecule has 116 valence electrons. The quantitative estimate of drug-likeness (QED) is 0.690. The number of rotatable bonds is 1. The topological polar surface area (TPSA) is 9.23 Å². The largest absolute Gasteiger partial charge is 0.573 e. The maximum absolute atomic E-state index is 12.4. The van der Waals surface area contributed by atoms with Crippen molar-refractivity contribution in [3.63, 3.8) is 0 Å². The third-order valence-electron chi connectivity index (χ3n) is 5.58. The van der Waals surface area contributed by atoms with Crippen LogP contribution in [0.4, 0.5) is 13.2 Å². The number of hydrogen-bond acceptors (Lipinski definition) is 1. The minimum Gasteiger partial charge on any atom is -0.406 e. The van der Waals surface area contributed by atoms with E-state index in [1.807, 2.05) is 6.07 Å². The maximum Gasteiger partial charge on any atom is 0.573 e. The fourth-order valence-electron chi connectivity index (χ4n) is 4.63. The molecule has 0 heterocycles. The van der Waals surface area contributed by atoms with E-state index in [0.717, 1.165) is 24.8 Å². The van der Waals surface area contributed by atoms with Gasteiger partial charge in [0.05, 0.1) is 0 Å². The standard InChI is InChI=1S/C17H21F3O/c1-15(2)7-4-8-16(3)13-10-12(21-17(18,19)20)6-5-11(13)9-14(15)16/h5-6,10,14H,4,7-9H2,1-3H3/t14-,16-/m0/s1. The highest BCUT2D eigenvalue weighted by Gasteiger charge is 2.51. The molecular weight excluding hydrogens is 277 g/mol. The van der Waals surface area contributed by atoms with Gasteiger partial charge in [-0.05, 0) is 59.3 Å². The molecule has 1 nitrogen and oxygen atoms in total. The van der Waals surface area contributed by atoms with Crippen molar-refractivity contribution in [1.82, 2.24) is 0 Å². The zero-order valence-electron chi connectivity index (χ0n) is 12.7. The molecule has 1 aromatic rings. The van der Waals surface area contributed by atoms with Crippen molar-refractivity contribution in [2.45, 2.75) is 58.2 Å². The highest BCUT2D eigenvalue weighted by atomic mass is 19.4. The van der Waals surface area contributed by atoms with Crippen LogP contribution in [0.15, 0.2) is 18.2 Å². The molecule has 0 saturated heterocycles. The zero-order valence-corrected chi connectivity index (χ0v) is 12.7. The van der Waals surface area contributed by atoms with E-state index in [-0.39, 0.29) is 16.6 Å². The summed E-state index contributed by atoms with van der Waals surface area (Å²) in [6.07, 6.45) is -0.301. The summed E-state index contributed by atoms with van der Waals surface area (Å²) in [5.41, 5.74) is 2.45.